The molecule has 0 spiro atoms. The number of nitrogens with one attached hydrogen (secondary N) is 2. The number of nitro benzene ring substituents is 1. The Morgan fingerprint density at radius 2 is 2.08 bits per heavy atom. The molecule has 0 aliphatic rings. The Morgan fingerprint density at radius 3 is 2.88 bits per heavy atom. The molecule has 1 atom stereocenters. The van der Waals surface area contributed by atoms with Gasteiger partial charge in [-0.25, -0.2) is 0 Å². The van der Waals surface area contributed by atoms with Crippen molar-refractivity contribution in [3.8, 4) is 5.75 Å². The molecule has 24 heavy (non-hydrogen) atoms. The zero-order chi connectivity index (χ0) is 16.9. The van der Waals surface area contributed by atoms with Gasteiger partial charge in [-0.1, -0.05) is 18.2 Å². The minimum atomic E-state index is -0.377. The third-order valence-corrected chi connectivity index (χ3v) is 3.87. The normalized spacial score (nSPS) is 12.2. The van der Waals surface area contributed by atoms with Crippen molar-refractivity contribution in [2.45, 2.75) is 12.5 Å². The second-order valence-corrected chi connectivity index (χ2v) is 5.62. The van der Waals surface area contributed by atoms with Gasteiger partial charge >= 0.3 is 0 Å². The lowest BCUT2D eigenvalue weighted by Crippen LogP contribution is -2.31. The van der Waals surface area contributed by atoms with Crippen molar-refractivity contribution in [1.29, 1.82) is 0 Å². The molecule has 2 aromatic carbocycles. The van der Waals surface area contributed by atoms with Gasteiger partial charge in [0.25, 0.3) is 5.69 Å². The fourth-order valence-corrected chi connectivity index (χ4v) is 2.78. The number of hydrogen-bond acceptors (Lipinski definition) is 4. The summed E-state index contributed by atoms with van der Waals surface area (Å²) in [5, 5.41) is 15.1. The SMILES string of the molecule is CNCC(Cc1cccc([N+](=O)[O-])c1)Oc1cccc2[nH]ccc12. The number of H-pyrrole nitrogens is 1. The van der Waals surface area contributed by atoms with Gasteiger partial charge in [-0.15, -0.1) is 0 Å². The third kappa shape index (κ3) is 3.55. The summed E-state index contributed by atoms with van der Waals surface area (Å²) in [7, 11) is 1.86. The number of nitro groups is 1. The van der Waals surface area contributed by atoms with Crippen LogP contribution in [-0.4, -0.2) is 29.6 Å². The smallest absolute Gasteiger partial charge is 0.269 e. The van der Waals surface area contributed by atoms with Crippen molar-refractivity contribution >= 4 is 16.6 Å². The number of aromatic amines is 1. The maximum absolute atomic E-state index is 10.9. The number of likely N-dealkylation sites (N-methyl/N-ethyl adjacent to an activating group) is 1. The minimum absolute atomic E-state index is 0.100. The highest BCUT2D eigenvalue weighted by Crippen LogP contribution is 2.26. The molecule has 1 unspecified atom stereocenters. The highest BCUT2D eigenvalue weighted by Gasteiger charge is 2.15. The zero-order valence-electron chi connectivity index (χ0n) is 13.4. The standard InChI is InChI=1S/C18H19N3O3/c1-19-12-15(11-13-4-2-5-14(10-13)21(22)23)24-18-7-3-6-17-16(18)8-9-20-17/h2-10,15,19-20H,11-12H2,1H3. The Hall–Kier alpha value is -2.86. The number of ether oxygens (including phenoxy) is 1. The average molecular weight is 325 g/mol. The van der Waals surface area contributed by atoms with Crippen LogP contribution in [0.3, 0.4) is 0 Å². The molecule has 0 amide bonds. The number of hydrogen-bond donors (Lipinski definition) is 2. The fourth-order valence-electron chi connectivity index (χ4n) is 2.78. The number of nitrogens with zero attached hydrogens (tertiary/aromatic N) is 1. The van der Waals surface area contributed by atoms with Gasteiger partial charge in [0.05, 0.1) is 4.92 Å². The van der Waals surface area contributed by atoms with E-state index in [-0.39, 0.29) is 16.7 Å². The monoisotopic (exact) mass is 325 g/mol. The molecule has 1 aromatic heterocycles. The molecule has 3 rings (SSSR count). The predicted molar refractivity (Wildman–Crippen MR) is 93.4 cm³/mol. The number of benzene rings is 2. The summed E-state index contributed by atoms with van der Waals surface area (Å²) in [6.45, 7) is 0.642. The van der Waals surface area contributed by atoms with Crippen LogP contribution < -0.4 is 10.1 Å². The second kappa shape index (κ2) is 7.14. The van der Waals surface area contributed by atoms with E-state index in [1.807, 2.05) is 43.6 Å². The largest absolute Gasteiger partial charge is 0.488 e. The van der Waals surface area contributed by atoms with Crippen LogP contribution in [0.4, 0.5) is 5.69 Å². The van der Waals surface area contributed by atoms with Gasteiger partial charge in [-0.05, 0) is 30.8 Å². The summed E-state index contributed by atoms with van der Waals surface area (Å²) < 4.78 is 6.18. The van der Waals surface area contributed by atoms with Gasteiger partial charge in [0.2, 0.25) is 0 Å². The minimum Gasteiger partial charge on any atom is -0.488 e. The molecule has 0 radical (unpaired) electrons. The summed E-state index contributed by atoms with van der Waals surface area (Å²) in [6, 6.07) is 14.5. The molecule has 6 nitrogen and oxygen atoms in total. The first-order chi connectivity index (χ1) is 11.7. The number of rotatable bonds is 7. The predicted octanol–water partition coefficient (Wildman–Crippen LogP) is 3.29. The molecule has 0 aliphatic heterocycles. The Labute approximate surface area is 139 Å². The van der Waals surface area contributed by atoms with E-state index in [0.29, 0.717) is 13.0 Å². The van der Waals surface area contributed by atoms with Crippen molar-refractivity contribution in [1.82, 2.24) is 10.3 Å². The molecular weight excluding hydrogens is 306 g/mol. The lowest BCUT2D eigenvalue weighted by atomic mass is 10.1. The van der Waals surface area contributed by atoms with Crippen LogP contribution in [0, 0.1) is 10.1 Å². The fraction of sp³-hybridized carbons (Fsp3) is 0.222. The van der Waals surface area contributed by atoms with Crippen molar-refractivity contribution in [3.63, 3.8) is 0 Å². The van der Waals surface area contributed by atoms with Crippen molar-refractivity contribution < 1.29 is 9.66 Å². The van der Waals surface area contributed by atoms with E-state index in [9.17, 15) is 10.1 Å². The van der Waals surface area contributed by atoms with E-state index in [4.69, 9.17) is 4.74 Å². The Kier molecular flexibility index (Phi) is 4.77. The molecule has 0 saturated heterocycles. The summed E-state index contributed by atoms with van der Waals surface area (Å²) in [5.74, 6) is 0.805. The van der Waals surface area contributed by atoms with Crippen LogP contribution in [0.1, 0.15) is 5.56 Å². The van der Waals surface area contributed by atoms with E-state index < -0.39 is 0 Å². The first-order valence-electron chi connectivity index (χ1n) is 7.78. The maximum Gasteiger partial charge on any atom is 0.269 e. The molecule has 2 N–H and O–H groups in total. The van der Waals surface area contributed by atoms with Crippen LogP contribution in [0.15, 0.2) is 54.7 Å². The van der Waals surface area contributed by atoms with E-state index in [1.54, 1.807) is 12.1 Å². The molecule has 124 valence electrons. The Bertz CT molecular complexity index is 844. The molecule has 0 aliphatic carbocycles. The van der Waals surface area contributed by atoms with Crippen LogP contribution in [0.2, 0.25) is 0 Å². The van der Waals surface area contributed by atoms with Crippen LogP contribution in [0.5, 0.6) is 5.75 Å². The van der Waals surface area contributed by atoms with Gasteiger partial charge in [0.1, 0.15) is 11.9 Å². The van der Waals surface area contributed by atoms with Crippen LogP contribution in [-0.2, 0) is 6.42 Å². The summed E-state index contributed by atoms with van der Waals surface area (Å²) in [4.78, 5) is 13.7. The summed E-state index contributed by atoms with van der Waals surface area (Å²) in [5.41, 5.74) is 2.00. The van der Waals surface area contributed by atoms with E-state index in [1.165, 1.54) is 6.07 Å². The van der Waals surface area contributed by atoms with E-state index >= 15 is 0 Å². The first kappa shape index (κ1) is 16.0. The highest BCUT2D eigenvalue weighted by atomic mass is 16.6. The van der Waals surface area contributed by atoms with Crippen molar-refractivity contribution in [2.24, 2.45) is 0 Å². The number of fused-ring (bicyclic) bond motifs is 1. The summed E-state index contributed by atoms with van der Waals surface area (Å²) in [6.07, 6.45) is 2.34. The molecule has 0 fully saturated rings. The molecule has 0 bridgehead atoms. The van der Waals surface area contributed by atoms with E-state index in [2.05, 4.69) is 10.3 Å². The lowest BCUT2D eigenvalue weighted by Gasteiger charge is -2.19. The third-order valence-electron chi connectivity index (χ3n) is 3.87. The van der Waals surface area contributed by atoms with Gasteiger partial charge in [-0.2, -0.15) is 0 Å². The number of non-ortho nitro benzene ring substituents is 1. The van der Waals surface area contributed by atoms with Gasteiger partial charge in [0.15, 0.2) is 0 Å². The molecule has 1 heterocycles. The van der Waals surface area contributed by atoms with Crippen molar-refractivity contribution in [3.05, 3.63) is 70.4 Å². The zero-order valence-corrected chi connectivity index (χ0v) is 13.4. The molecule has 6 heteroatoms. The molecule has 0 saturated carbocycles. The quantitative estimate of drug-likeness (QED) is 0.516. The second-order valence-electron chi connectivity index (χ2n) is 5.62. The maximum atomic E-state index is 10.9. The van der Waals surface area contributed by atoms with Crippen LogP contribution in [0.25, 0.3) is 10.9 Å². The Morgan fingerprint density at radius 1 is 1.25 bits per heavy atom. The Balaban J connectivity index is 1.81. The van der Waals surface area contributed by atoms with Gasteiger partial charge in [-0.3, -0.25) is 10.1 Å². The van der Waals surface area contributed by atoms with Crippen LogP contribution >= 0.6 is 0 Å². The lowest BCUT2D eigenvalue weighted by molar-refractivity contribution is -0.384. The number of aromatic nitrogens is 1. The molecular formula is C18H19N3O3. The van der Waals surface area contributed by atoms with Crippen molar-refractivity contribution in [2.75, 3.05) is 13.6 Å². The molecule has 3 aromatic rings. The van der Waals surface area contributed by atoms with E-state index in [0.717, 1.165) is 22.2 Å². The summed E-state index contributed by atoms with van der Waals surface area (Å²) >= 11 is 0. The highest BCUT2D eigenvalue weighted by molar-refractivity contribution is 5.85. The van der Waals surface area contributed by atoms with Gasteiger partial charge in [0, 0.05) is 42.2 Å². The topological polar surface area (TPSA) is 80.2 Å². The first-order valence-corrected chi connectivity index (χ1v) is 7.78. The average Bonchev–Trinajstić information content (AvgIpc) is 3.05. The van der Waals surface area contributed by atoms with Gasteiger partial charge < -0.3 is 15.0 Å².